The first-order chi connectivity index (χ1) is 9.47. The number of rotatable bonds is 6. The molecule has 0 aromatic heterocycles. The molecule has 1 atom stereocenters. The fourth-order valence-electron chi connectivity index (χ4n) is 2.42. The van der Waals surface area contributed by atoms with Gasteiger partial charge in [0.05, 0.1) is 17.0 Å². The Balaban J connectivity index is 2.08. The molecule has 1 aliphatic heterocycles. The highest BCUT2D eigenvalue weighted by atomic mass is 79.9. The quantitative estimate of drug-likeness (QED) is 0.804. The maximum absolute atomic E-state index is 12.3. The van der Waals surface area contributed by atoms with Gasteiger partial charge in [0.2, 0.25) is 10.0 Å². The van der Waals surface area contributed by atoms with E-state index in [0.717, 1.165) is 23.9 Å². The lowest BCUT2D eigenvalue weighted by atomic mass is 9.99. The molecule has 2 N–H and O–H groups in total. The van der Waals surface area contributed by atoms with E-state index in [9.17, 15) is 8.42 Å². The lowest BCUT2D eigenvalue weighted by Crippen LogP contribution is -2.52. The van der Waals surface area contributed by atoms with E-state index >= 15 is 0 Å². The summed E-state index contributed by atoms with van der Waals surface area (Å²) in [7, 11) is -1.87. The Morgan fingerprint density at radius 2 is 2.30 bits per heavy atom. The SMILES string of the molecule is COCC1(CNS(=O)(=O)c2cccc(Br)c2)CCCN1. The fourth-order valence-corrected chi connectivity index (χ4v) is 4.14. The normalized spacial score (nSPS) is 23.1. The van der Waals surface area contributed by atoms with Crippen LogP contribution in [0.2, 0.25) is 0 Å². The molecular weight excluding hydrogens is 344 g/mol. The molecule has 1 saturated heterocycles. The summed E-state index contributed by atoms with van der Waals surface area (Å²) < 4.78 is 33.2. The molecule has 20 heavy (non-hydrogen) atoms. The molecule has 112 valence electrons. The first kappa shape index (κ1) is 15.9. The Morgan fingerprint density at radius 3 is 2.90 bits per heavy atom. The summed E-state index contributed by atoms with van der Waals surface area (Å²) in [4.78, 5) is 0.262. The standard InChI is InChI=1S/C13H19BrN2O3S/c1-19-10-13(6-3-7-15-13)9-16-20(17,18)12-5-2-4-11(14)8-12/h2,4-5,8,15-16H,3,6-7,9-10H2,1H3. The van der Waals surface area contributed by atoms with E-state index in [2.05, 4.69) is 26.0 Å². The Bertz CT molecular complexity index is 556. The van der Waals surface area contributed by atoms with Crippen molar-refractivity contribution >= 4 is 26.0 Å². The van der Waals surface area contributed by atoms with E-state index in [1.165, 1.54) is 0 Å². The molecule has 0 radical (unpaired) electrons. The molecule has 2 rings (SSSR count). The number of sulfonamides is 1. The Kier molecular flexibility index (Phi) is 5.19. The number of hydrogen-bond acceptors (Lipinski definition) is 4. The van der Waals surface area contributed by atoms with Gasteiger partial charge in [0.25, 0.3) is 0 Å². The highest BCUT2D eigenvalue weighted by Crippen LogP contribution is 2.21. The lowest BCUT2D eigenvalue weighted by molar-refractivity contribution is 0.122. The van der Waals surface area contributed by atoms with E-state index in [-0.39, 0.29) is 10.4 Å². The van der Waals surface area contributed by atoms with E-state index < -0.39 is 10.0 Å². The van der Waals surface area contributed by atoms with Crippen molar-refractivity contribution in [2.45, 2.75) is 23.3 Å². The second kappa shape index (κ2) is 6.53. The third-order valence-electron chi connectivity index (χ3n) is 3.46. The summed E-state index contributed by atoms with van der Waals surface area (Å²) >= 11 is 3.28. The topological polar surface area (TPSA) is 67.4 Å². The molecule has 7 heteroatoms. The van der Waals surface area contributed by atoms with Crippen LogP contribution in [0.3, 0.4) is 0 Å². The highest BCUT2D eigenvalue weighted by Gasteiger charge is 2.34. The predicted molar refractivity (Wildman–Crippen MR) is 81.2 cm³/mol. The molecule has 5 nitrogen and oxygen atoms in total. The second-order valence-corrected chi connectivity index (χ2v) is 7.71. The van der Waals surface area contributed by atoms with Crippen molar-refractivity contribution in [1.29, 1.82) is 0 Å². The molecular formula is C13H19BrN2O3S. The number of nitrogens with one attached hydrogen (secondary N) is 2. The van der Waals surface area contributed by atoms with Gasteiger partial charge in [-0.3, -0.25) is 0 Å². The van der Waals surface area contributed by atoms with Crippen LogP contribution in [0.15, 0.2) is 33.6 Å². The van der Waals surface area contributed by atoms with Crippen LogP contribution >= 0.6 is 15.9 Å². The van der Waals surface area contributed by atoms with Gasteiger partial charge in [-0.15, -0.1) is 0 Å². The van der Waals surface area contributed by atoms with Gasteiger partial charge in [0, 0.05) is 18.1 Å². The van der Waals surface area contributed by atoms with E-state index in [1.54, 1.807) is 31.4 Å². The number of methoxy groups -OCH3 is 1. The van der Waals surface area contributed by atoms with Gasteiger partial charge in [-0.1, -0.05) is 22.0 Å². The Morgan fingerprint density at radius 1 is 1.50 bits per heavy atom. The summed E-state index contributed by atoms with van der Waals surface area (Å²) in [5, 5.41) is 3.35. The third-order valence-corrected chi connectivity index (χ3v) is 5.35. The zero-order valence-corrected chi connectivity index (χ0v) is 13.8. The molecule has 1 unspecified atom stereocenters. The van der Waals surface area contributed by atoms with Gasteiger partial charge in [0.1, 0.15) is 0 Å². The summed E-state index contributed by atoms with van der Waals surface area (Å²) in [5.74, 6) is 0. The van der Waals surface area contributed by atoms with Gasteiger partial charge in [-0.2, -0.15) is 0 Å². The molecule has 1 aromatic carbocycles. The Hall–Kier alpha value is -0.470. The van der Waals surface area contributed by atoms with Gasteiger partial charge >= 0.3 is 0 Å². The van der Waals surface area contributed by atoms with E-state index in [0.29, 0.717) is 13.2 Å². The average Bonchev–Trinajstić information content (AvgIpc) is 2.86. The zero-order chi connectivity index (χ0) is 14.6. The molecule has 0 aliphatic carbocycles. The van der Waals surface area contributed by atoms with E-state index in [4.69, 9.17) is 4.74 Å². The number of benzene rings is 1. The first-order valence-corrected chi connectivity index (χ1v) is 8.74. The van der Waals surface area contributed by atoms with Crippen LogP contribution in [-0.2, 0) is 14.8 Å². The Labute approximate surface area is 128 Å². The first-order valence-electron chi connectivity index (χ1n) is 6.47. The summed E-state index contributed by atoms with van der Waals surface area (Å²) in [6.07, 6.45) is 1.93. The zero-order valence-electron chi connectivity index (χ0n) is 11.4. The molecule has 0 bridgehead atoms. The number of halogens is 1. The van der Waals surface area contributed by atoms with Crippen molar-refractivity contribution in [2.24, 2.45) is 0 Å². The summed E-state index contributed by atoms with van der Waals surface area (Å²) in [5.41, 5.74) is -0.298. The molecule has 1 fully saturated rings. The van der Waals surface area contributed by atoms with Crippen LogP contribution in [-0.4, -0.2) is 40.8 Å². The summed E-state index contributed by atoms with van der Waals surface area (Å²) in [6.45, 7) is 1.71. The fraction of sp³-hybridized carbons (Fsp3) is 0.538. The number of ether oxygens (including phenoxy) is 1. The van der Waals surface area contributed by atoms with Crippen molar-refractivity contribution < 1.29 is 13.2 Å². The lowest BCUT2D eigenvalue weighted by Gasteiger charge is -2.28. The van der Waals surface area contributed by atoms with Crippen LogP contribution in [0.4, 0.5) is 0 Å². The maximum atomic E-state index is 12.3. The summed E-state index contributed by atoms with van der Waals surface area (Å²) in [6, 6.07) is 6.67. The second-order valence-electron chi connectivity index (χ2n) is 5.03. The average molecular weight is 363 g/mol. The molecule has 0 spiro atoms. The predicted octanol–water partition coefficient (Wildman–Crippen LogP) is 1.50. The van der Waals surface area contributed by atoms with Gasteiger partial charge in [-0.25, -0.2) is 13.1 Å². The minimum atomic E-state index is -3.50. The van der Waals surface area contributed by atoms with Crippen molar-refractivity contribution in [3.05, 3.63) is 28.7 Å². The van der Waals surface area contributed by atoms with Crippen molar-refractivity contribution in [2.75, 3.05) is 26.8 Å². The molecule has 1 aliphatic rings. The van der Waals surface area contributed by atoms with Crippen LogP contribution in [0.25, 0.3) is 0 Å². The van der Waals surface area contributed by atoms with Crippen molar-refractivity contribution in [3.8, 4) is 0 Å². The van der Waals surface area contributed by atoms with E-state index in [1.807, 2.05) is 0 Å². The molecule has 1 aromatic rings. The van der Waals surface area contributed by atoms with Crippen LogP contribution in [0.5, 0.6) is 0 Å². The van der Waals surface area contributed by atoms with Crippen LogP contribution in [0, 0.1) is 0 Å². The minimum absolute atomic E-state index is 0.262. The van der Waals surface area contributed by atoms with Crippen LogP contribution < -0.4 is 10.0 Å². The van der Waals surface area contributed by atoms with Gasteiger partial charge < -0.3 is 10.1 Å². The molecule has 0 saturated carbocycles. The highest BCUT2D eigenvalue weighted by molar-refractivity contribution is 9.10. The van der Waals surface area contributed by atoms with Crippen molar-refractivity contribution in [1.82, 2.24) is 10.0 Å². The third kappa shape index (κ3) is 3.79. The number of hydrogen-bond donors (Lipinski definition) is 2. The largest absolute Gasteiger partial charge is 0.383 e. The maximum Gasteiger partial charge on any atom is 0.240 e. The van der Waals surface area contributed by atoms with Crippen molar-refractivity contribution in [3.63, 3.8) is 0 Å². The van der Waals surface area contributed by atoms with Crippen LogP contribution in [0.1, 0.15) is 12.8 Å². The monoisotopic (exact) mass is 362 g/mol. The molecule has 1 heterocycles. The molecule has 0 amide bonds. The smallest absolute Gasteiger partial charge is 0.240 e. The van der Waals surface area contributed by atoms with Gasteiger partial charge in [-0.05, 0) is 37.6 Å². The minimum Gasteiger partial charge on any atom is -0.383 e. The van der Waals surface area contributed by atoms with Gasteiger partial charge in [0.15, 0.2) is 0 Å².